The van der Waals surface area contributed by atoms with Crippen molar-refractivity contribution in [3.8, 4) is 11.5 Å². The predicted octanol–water partition coefficient (Wildman–Crippen LogP) is 3.73. The molecular weight excluding hydrogens is 450 g/mol. The molecule has 0 spiro atoms. The Morgan fingerprint density at radius 2 is 1.82 bits per heavy atom. The normalized spacial score (nSPS) is 17.3. The zero-order chi connectivity index (χ0) is 24.1. The summed E-state index contributed by atoms with van der Waals surface area (Å²) in [5.74, 6) is -1.60. The van der Waals surface area contributed by atoms with Crippen LogP contribution in [0.5, 0.6) is 11.5 Å². The first kappa shape index (κ1) is 24.3. The Kier molecular flexibility index (Phi) is 7.73. The number of halogens is 1. The first-order valence-electron chi connectivity index (χ1n) is 10.2. The molecule has 0 aliphatic carbocycles. The van der Waals surface area contributed by atoms with Gasteiger partial charge in [-0.1, -0.05) is 23.7 Å². The minimum absolute atomic E-state index is 0.0566. The summed E-state index contributed by atoms with van der Waals surface area (Å²) in [5.41, 5.74) is 0.791. The van der Waals surface area contributed by atoms with Crippen LogP contribution in [0.4, 0.5) is 0 Å². The highest BCUT2D eigenvalue weighted by atomic mass is 35.5. The summed E-state index contributed by atoms with van der Waals surface area (Å²) in [6.45, 7) is 1.93. The van der Waals surface area contributed by atoms with Gasteiger partial charge in [-0.2, -0.15) is 0 Å². The Morgan fingerprint density at radius 3 is 2.39 bits per heavy atom. The molecule has 1 fully saturated rings. The second-order valence-corrected chi connectivity index (χ2v) is 7.76. The number of likely N-dealkylation sites (tertiary alicyclic amines) is 1. The van der Waals surface area contributed by atoms with Gasteiger partial charge in [0.2, 0.25) is 0 Å². The largest absolute Gasteiger partial charge is 0.507 e. The summed E-state index contributed by atoms with van der Waals surface area (Å²) in [6.07, 6.45) is 0.500. The quantitative estimate of drug-likeness (QED) is 0.156. The van der Waals surface area contributed by atoms with Gasteiger partial charge >= 0.3 is 5.97 Å². The highest BCUT2D eigenvalue weighted by Crippen LogP contribution is 2.40. The number of esters is 1. The Hall–Kier alpha value is -3.36. The summed E-state index contributed by atoms with van der Waals surface area (Å²) < 4.78 is 15.3. The van der Waals surface area contributed by atoms with Gasteiger partial charge in [0.05, 0.1) is 23.7 Å². The number of benzene rings is 2. The number of carbonyl (C=O) groups excluding carboxylic acids is 3. The van der Waals surface area contributed by atoms with E-state index in [1.807, 2.05) is 0 Å². The van der Waals surface area contributed by atoms with E-state index in [9.17, 15) is 19.5 Å². The van der Waals surface area contributed by atoms with E-state index < -0.39 is 23.7 Å². The molecule has 0 saturated carbocycles. The highest BCUT2D eigenvalue weighted by molar-refractivity contribution is 6.46. The molecule has 1 amide bonds. The second kappa shape index (κ2) is 10.5. The smallest absolute Gasteiger partial charge is 0.308 e. The molecular formula is C24H24ClNO7. The minimum Gasteiger partial charge on any atom is -0.507 e. The van der Waals surface area contributed by atoms with Crippen LogP contribution in [0.25, 0.3) is 5.76 Å². The van der Waals surface area contributed by atoms with Gasteiger partial charge in [0, 0.05) is 32.7 Å². The number of methoxy groups -OCH3 is 2. The van der Waals surface area contributed by atoms with Crippen molar-refractivity contribution in [3.63, 3.8) is 0 Å². The van der Waals surface area contributed by atoms with Gasteiger partial charge in [0.1, 0.15) is 17.3 Å². The second-order valence-electron chi connectivity index (χ2n) is 7.35. The molecule has 1 unspecified atom stereocenters. The standard InChI is InChI=1S/C24H24ClNO7/c1-14(27)33-17-8-5-15(6-9-17)21-20(23(29)24(30)26(21)11-4-12-31-2)22(28)16-7-10-19(32-3)18(25)13-16/h5-10,13,21,28H,4,11-12H2,1-3H3/b22-20-. The van der Waals surface area contributed by atoms with Crippen molar-refractivity contribution in [3.05, 3.63) is 64.2 Å². The predicted molar refractivity (Wildman–Crippen MR) is 121 cm³/mol. The van der Waals surface area contributed by atoms with E-state index in [0.29, 0.717) is 30.1 Å². The average Bonchev–Trinajstić information content (AvgIpc) is 3.04. The molecule has 2 aromatic rings. The molecule has 1 aliphatic rings. The Balaban J connectivity index is 2.10. The maximum Gasteiger partial charge on any atom is 0.308 e. The number of hydrogen-bond acceptors (Lipinski definition) is 7. The maximum atomic E-state index is 13.0. The number of carbonyl (C=O) groups is 3. The topological polar surface area (TPSA) is 102 Å². The number of aliphatic hydroxyl groups is 1. The van der Waals surface area contributed by atoms with Crippen molar-refractivity contribution >= 4 is 35.0 Å². The SMILES string of the molecule is COCCCN1C(=O)C(=O)/C(=C(\O)c2ccc(OC)c(Cl)c2)C1c1ccc(OC(C)=O)cc1. The summed E-state index contributed by atoms with van der Waals surface area (Å²) >= 11 is 6.19. The number of rotatable bonds is 8. The zero-order valence-corrected chi connectivity index (χ0v) is 19.2. The van der Waals surface area contributed by atoms with Crippen LogP contribution < -0.4 is 9.47 Å². The number of ether oxygens (including phenoxy) is 3. The number of hydrogen-bond donors (Lipinski definition) is 1. The van der Waals surface area contributed by atoms with Crippen molar-refractivity contribution in [2.45, 2.75) is 19.4 Å². The minimum atomic E-state index is -0.839. The lowest BCUT2D eigenvalue weighted by Gasteiger charge is -2.25. The van der Waals surface area contributed by atoms with Crippen molar-refractivity contribution in [1.29, 1.82) is 0 Å². The third kappa shape index (κ3) is 5.18. The number of Topliss-reactive ketones (excluding diaryl/α,β-unsaturated/α-hetero) is 1. The van der Waals surface area contributed by atoms with Crippen LogP contribution in [0.2, 0.25) is 5.02 Å². The van der Waals surface area contributed by atoms with Crippen LogP contribution in [0.1, 0.15) is 30.5 Å². The lowest BCUT2D eigenvalue weighted by molar-refractivity contribution is -0.140. The molecule has 33 heavy (non-hydrogen) atoms. The lowest BCUT2D eigenvalue weighted by atomic mass is 9.95. The summed E-state index contributed by atoms with van der Waals surface area (Å²) in [6, 6.07) is 10.2. The number of nitrogens with zero attached hydrogens (tertiary/aromatic N) is 1. The third-order valence-corrected chi connectivity index (χ3v) is 5.47. The molecule has 1 aliphatic heterocycles. The van der Waals surface area contributed by atoms with Gasteiger partial charge in [0.25, 0.3) is 11.7 Å². The fraction of sp³-hybridized carbons (Fsp3) is 0.292. The average molecular weight is 474 g/mol. The van der Waals surface area contributed by atoms with Gasteiger partial charge in [-0.25, -0.2) is 0 Å². The summed E-state index contributed by atoms with van der Waals surface area (Å²) in [5, 5.41) is 11.3. The van der Waals surface area contributed by atoms with E-state index in [-0.39, 0.29) is 28.5 Å². The van der Waals surface area contributed by atoms with Crippen molar-refractivity contribution < 1.29 is 33.7 Å². The molecule has 9 heteroatoms. The van der Waals surface area contributed by atoms with E-state index in [1.54, 1.807) is 43.5 Å². The van der Waals surface area contributed by atoms with E-state index in [1.165, 1.54) is 25.0 Å². The first-order chi connectivity index (χ1) is 15.8. The van der Waals surface area contributed by atoms with E-state index >= 15 is 0 Å². The molecule has 0 bridgehead atoms. The Labute approximate surface area is 196 Å². The van der Waals surface area contributed by atoms with Crippen LogP contribution in [0.3, 0.4) is 0 Å². The Bertz CT molecular complexity index is 1090. The van der Waals surface area contributed by atoms with Crippen molar-refractivity contribution in [1.82, 2.24) is 4.90 Å². The first-order valence-corrected chi connectivity index (χ1v) is 10.6. The maximum absolute atomic E-state index is 13.0. The number of amides is 1. The van der Waals surface area contributed by atoms with Gasteiger partial charge < -0.3 is 24.2 Å². The Morgan fingerprint density at radius 1 is 1.12 bits per heavy atom. The van der Waals surface area contributed by atoms with Gasteiger partial charge in [-0.3, -0.25) is 14.4 Å². The molecule has 0 radical (unpaired) electrons. The fourth-order valence-corrected chi connectivity index (χ4v) is 3.95. The van der Waals surface area contributed by atoms with Gasteiger partial charge in [-0.05, 0) is 42.3 Å². The number of aliphatic hydroxyl groups excluding tert-OH is 1. The highest BCUT2D eigenvalue weighted by Gasteiger charge is 2.45. The molecule has 174 valence electrons. The van der Waals surface area contributed by atoms with Crippen LogP contribution in [-0.4, -0.2) is 55.0 Å². The molecule has 0 aromatic heterocycles. The van der Waals surface area contributed by atoms with E-state index in [0.717, 1.165) is 0 Å². The summed E-state index contributed by atoms with van der Waals surface area (Å²) in [7, 11) is 3.01. The van der Waals surface area contributed by atoms with Crippen LogP contribution >= 0.6 is 11.6 Å². The molecule has 8 nitrogen and oxygen atoms in total. The van der Waals surface area contributed by atoms with Gasteiger partial charge in [0.15, 0.2) is 0 Å². The monoisotopic (exact) mass is 473 g/mol. The molecule has 2 aromatic carbocycles. The van der Waals surface area contributed by atoms with Gasteiger partial charge in [-0.15, -0.1) is 0 Å². The zero-order valence-electron chi connectivity index (χ0n) is 18.5. The van der Waals surface area contributed by atoms with Crippen LogP contribution in [-0.2, 0) is 19.1 Å². The molecule has 1 heterocycles. The van der Waals surface area contributed by atoms with Crippen LogP contribution in [0, 0.1) is 0 Å². The van der Waals surface area contributed by atoms with Crippen molar-refractivity contribution in [2.75, 3.05) is 27.4 Å². The van der Waals surface area contributed by atoms with E-state index in [2.05, 4.69) is 0 Å². The molecule has 1 saturated heterocycles. The molecule has 1 atom stereocenters. The van der Waals surface area contributed by atoms with Crippen LogP contribution in [0.15, 0.2) is 48.0 Å². The lowest BCUT2D eigenvalue weighted by Crippen LogP contribution is -2.31. The van der Waals surface area contributed by atoms with E-state index in [4.69, 9.17) is 25.8 Å². The molecule has 1 N–H and O–H groups in total. The molecule has 3 rings (SSSR count). The summed E-state index contributed by atoms with van der Waals surface area (Å²) in [4.78, 5) is 38.5. The fourth-order valence-electron chi connectivity index (χ4n) is 3.69. The number of ketones is 1. The van der Waals surface area contributed by atoms with Crippen molar-refractivity contribution in [2.24, 2.45) is 0 Å². The third-order valence-electron chi connectivity index (χ3n) is 5.17.